The first-order chi connectivity index (χ1) is 8.11. The van der Waals surface area contributed by atoms with Gasteiger partial charge in [-0.3, -0.25) is 14.3 Å². The number of aromatic nitrogens is 2. The van der Waals surface area contributed by atoms with Crippen molar-refractivity contribution in [2.24, 2.45) is 0 Å². The van der Waals surface area contributed by atoms with Gasteiger partial charge in [0, 0.05) is 12.7 Å². The lowest BCUT2D eigenvalue weighted by molar-refractivity contribution is -0.126. The molecular weight excluding hydrogens is 222 g/mol. The number of rotatable bonds is 6. The predicted octanol–water partition coefficient (Wildman–Crippen LogP) is -0.892. The van der Waals surface area contributed by atoms with Crippen LogP contribution in [0.4, 0.5) is 5.82 Å². The molecule has 1 heterocycles. The Hall–Kier alpha value is -2.05. The van der Waals surface area contributed by atoms with Crippen LogP contribution in [0.3, 0.4) is 0 Å². The number of anilines is 1. The molecule has 0 fully saturated rings. The highest BCUT2D eigenvalue weighted by Crippen LogP contribution is 1.94. The third-order valence-corrected chi connectivity index (χ3v) is 1.99. The molecule has 0 radical (unpaired) electrons. The van der Waals surface area contributed by atoms with Crippen molar-refractivity contribution in [2.75, 3.05) is 18.8 Å². The number of nitrogens with two attached hydrogens (primary N) is 1. The fourth-order valence-corrected chi connectivity index (χ4v) is 1.17. The Morgan fingerprint density at radius 3 is 2.76 bits per heavy atom. The Kier molecular flexibility index (Phi) is 4.99. The fourth-order valence-electron chi connectivity index (χ4n) is 1.17. The van der Waals surface area contributed by atoms with Gasteiger partial charge in [0.2, 0.25) is 11.8 Å². The maximum absolute atomic E-state index is 11.4. The minimum absolute atomic E-state index is 0.0183. The number of carbonyl (C=O) groups is 2. The van der Waals surface area contributed by atoms with E-state index in [-0.39, 0.29) is 24.9 Å². The Bertz CT molecular complexity index is 388. The lowest BCUT2D eigenvalue weighted by Gasteiger charge is -2.05. The van der Waals surface area contributed by atoms with Crippen LogP contribution in [0, 0.1) is 0 Å². The first-order valence-corrected chi connectivity index (χ1v) is 5.44. The molecule has 0 unspecified atom stereocenters. The van der Waals surface area contributed by atoms with Gasteiger partial charge in [-0.2, -0.15) is 5.10 Å². The van der Waals surface area contributed by atoms with Crippen molar-refractivity contribution in [3.8, 4) is 0 Å². The molecule has 1 aromatic rings. The Morgan fingerprint density at radius 2 is 2.18 bits per heavy atom. The summed E-state index contributed by atoms with van der Waals surface area (Å²) >= 11 is 0. The summed E-state index contributed by atoms with van der Waals surface area (Å²) in [6, 6.07) is 1.60. The summed E-state index contributed by atoms with van der Waals surface area (Å²) in [5, 5.41) is 9.02. The van der Waals surface area contributed by atoms with Crippen LogP contribution in [0.5, 0.6) is 0 Å². The average molecular weight is 239 g/mol. The normalized spacial score (nSPS) is 9.94. The lowest BCUT2D eigenvalue weighted by atomic mass is 10.4. The molecule has 2 amide bonds. The van der Waals surface area contributed by atoms with E-state index in [1.54, 1.807) is 12.3 Å². The van der Waals surface area contributed by atoms with Crippen molar-refractivity contribution in [3.05, 3.63) is 12.3 Å². The van der Waals surface area contributed by atoms with E-state index in [4.69, 9.17) is 5.73 Å². The van der Waals surface area contributed by atoms with Crippen molar-refractivity contribution >= 4 is 17.6 Å². The number of amides is 2. The maximum Gasteiger partial charge on any atom is 0.242 e. The molecule has 0 saturated heterocycles. The molecule has 94 valence electrons. The molecule has 0 aliphatic carbocycles. The molecule has 0 aromatic carbocycles. The largest absolute Gasteiger partial charge is 0.382 e. The Balaban J connectivity index is 2.23. The van der Waals surface area contributed by atoms with E-state index in [2.05, 4.69) is 15.7 Å². The highest BCUT2D eigenvalue weighted by Gasteiger charge is 2.06. The Morgan fingerprint density at radius 1 is 1.41 bits per heavy atom. The highest BCUT2D eigenvalue weighted by molar-refractivity contribution is 5.84. The van der Waals surface area contributed by atoms with Gasteiger partial charge in [-0.05, 0) is 12.5 Å². The quantitative estimate of drug-likeness (QED) is 0.599. The zero-order chi connectivity index (χ0) is 12.7. The van der Waals surface area contributed by atoms with Gasteiger partial charge < -0.3 is 16.4 Å². The van der Waals surface area contributed by atoms with Gasteiger partial charge in [-0.25, -0.2) is 0 Å². The van der Waals surface area contributed by atoms with Crippen LogP contribution in [0.25, 0.3) is 0 Å². The van der Waals surface area contributed by atoms with Gasteiger partial charge in [0.25, 0.3) is 0 Å². The van der Waals surface area contributed by atoms with Crippen molar-refractivity contribution in [1.29, 1.82) is 0 Å². The minimum Gasteiger partial charge on any atom is -0.382 e. The number of hydrogen-bond acceptors (Lipinski definition) is 4. The molecule has 7 heteroatoms. The monoisotopic (exact) mass is 239 g/mol. The van der Waals surface area contributed by atoms with Crippen molar-refractivity contribution in [3.63, 3.8) is 0 Å². The number of nitrogen functional groups attached to an aromatic ring is 1. The lowest BCUT2D eigenvalue weighted by Crippen LogP contribution is -2.38. The predicted molar refractivity (Wildman–Crippen MR) is 62.9 cm³/mol. The summed E-state index contributed by atoms with van der Waals surface area (Å²) in [6.45, 7) is 2.61. The van der Waals surface area contributed by atoms with Gasteiger partial charge in [0.1, 0.15) is 12.4 Å². The van der Waals surface area contributed by atoms with Gasteiger partial charge in [-0.1, -0.05) is 6.92 Å². The molecule has 1 rings (SSSR count). The topological polar surface area (TPSA) is 102 Å². The van der Waals surface area contributed by atoms with E-state index < -0.39 is 0 Å². The highest BCUT2D eigenvalue weighted by atomic mass is 16.2. The number of hydrogen-bond donors (Lipinski definition) is 3. The van der Waals surface area contributed by atoms with Crippen LogP contribution in [0.2, 0.25) is 0 Å². The molecular formula is C10H17N5O2. The zero-order valence-electron chi connectivity index (χ0n) is 9.77. The summed E-state index contributed by atoms with van der Waals surface area (Å²) < 4.78 is 1.41. The van der Waals surface area contributed by atoms with Crippen LogP contribution < -0.4 is 16.4 Å². The smallest absolute Gasteiger partial charge is 0.242 e. The number of nitrogens with one attached hydrogen (secondary N) is 2. The zero-order valence-corrected chi connectivity index (χ0v) is 9.77. The van der Waals surface area contributed by atoms with Crippen molar-refractivity contribution in [1.82, 2.24) is 20.4 Å². The van der Waals surface area contributed by atoms with Crippen LogP contribution in [0.1, 0.15) is 13.3 Å². The van der Waals surface area contributed by atoms with Gasteiger partial charge in [0.15, 0.2) is 0 Å². The summed E-state index contributed by atoms with van der Waals surface area (Å²) in [7, 11) is 0. The molecule has 0 aliphatic heterocycles. The van der Waals surface area contributed by atoms with Crippen LogP contribution in [-0.2, 0) is 16.1 Å². The number of nitrogens with zero attached hydrogens (tertiary/aromatic N) is 2. The molecule has 0 saturated carbocycles. The fraction of sp³-hybridized carbons (Fsp3) is 0.500. The standard InChI is InChI=1S/C10H17N5O2/c1-2-4-12-9(16)6-13-10(17)7-15-5-3-8(11)14-15/h3,5H,2,4,6-7H2,1H3,(H2,11,14)(H,12,16)(H,13,17). The third-order valence-electron chi connectivity index (χ3n) is 1.99. The molecule has 0 aliphatic rings. The third kappa shape index (κ3) is 5.01. The van der Waals surface area contributed by atoms with Gasteiger partial charge in [-0.15, -0.1) is 0 Å². The molecule has 4 N–H and O–H groups in total. The Labute approximate surface area is 99.4 Å². The first kappa shape index (κ1) is 13.0. The van der Waals surface area contributed by atoms with Gasteiger partial charge >= 0.3 is 0 Å². The molecule has 0 spiro atoms. The number of carbonyl (C=O) groups excluding carboxylic acids is 2. The van der Waals surface area contributed by atoms with E-state index >= 15 is 0 Å². The van der Waals surface area contributed by atoms with Crippen LogP contribution >= 0.6 is 0 Å². The summed E-state index contributed by atoms with van der Waals surface area (Å²) in [4.78, 5) is 22.6. The van der Waals surface area contributed by atoms with Gasteiger partial charge in [0.05, 0.1) is 6.54 Å². The first-order valence-electron chi connectivity index (χ1n) is 5.44. The summed E-state index contributed by atoms with van der Waals surface area (Å²) in [5.74, 6) is -0.113. The van der Waals surface area contributed by atoms with E-state index in [1.807, 2.05) is 6.92 Å². The molecule has 0 bridgehead atoms. The second-order valence-corrected chi connectivity index (χ2v) is 3.56. The van der Waals surface area contributed by atoms with Crippen molar-refractivity contribution in [2.45, 2.75) is 19.9 Å². The SMILES string of the molecule is CCCNC(=O)CNC(=O)Cn1ccc(N)n1. The molecule has 0 atom stereocenters. The minimum atomic E-state index is -0.278. The second kappa shape index (κ2) is 6.51. The second-order valence-electron chi connectivity index (χ2n) is 3.56. The van der Waals surface area contributed by atoms with Crippen molar-refractivity contribution < 1.29 is 9.59 Å². The average Bonchev–Trinajstić information content (AvgIpc) is 2.69. The summed E-state index contributed by atoms with van der Waals surface area (Å²) in [6.07, 6.45) is 2.47. The van der Waals surface area contributed by atoms with E-state index in [1.165, 1.54) is 4.68 Å². The van der Waals surface area contributed by atoms with E-state index in [0.29, 0.717) is 12.4 Å². The summed E-state index contributed by atoms with van der Waals surface area (Å²) in [5.41, 5.74) is 5.40. The van der Waals surface area contributed by atoms with Crippen LogP contribution in [0.15, 0.2) is 12.3 Å². The van der Waals surface area contributed by atoms with E-state index in [0.717, 1.165) is 6.42 Å². The van der Waals surface area contributed by atoms with E-state index in [9.17, 15) is 9.59 Å². The molecule has 17 heavy (non-hydrogen) atoms. The molecule has 7 nitrogen and oxygen atoms in total. The van der Waals surface area contributed by atoms with Crippen LogP contribution in [-0.4, -0.2) is 34.7 Å². The maximum atomic E-state index is 11.4. The molecule has 1 aromatic heterocycles.